The Balaban J connectivity index is 2.32. The highest BCUT2D eigenvalue weighted by Gasteiger charge is 2.23. The van der Waals surface area contributed by atoms with Crippen LogP contribution in [0.15, 0.2) is 51.7 Å². The Kier molecular flexibility index (Phi) is 5.40. The van der Waals surface area contributed by atoms with E-state index >= 15 is 0 Å². The van der Waals surface area contributed by atoms with E-state index in [-0.39, 0.29) is 17.6 Å². The summed E-state index contributed by atoms with van der Waals surface area (Å²) in [5.74, 6) is 1.70. The molecule has 0 aliphatic rings. The molecule has 1 heterocycles. The van der Waals surface area contributed by atoms with E-state index in [1.54, 1.807) is 6.07 Å². The van der Waals surface area contributed by atoms with Gasteiger partial charge in [-0.2, -0.15) is 0 Å². The van der Waals surface area contributed by atoms with E-state index in [4.69, 9.17) is 18.6 Å². The fourth-order valence-electron chi connectivity index (χ4n) is 2.87. The molecular formula is C22H24O5. The van der Waals surface area contributed by atoms with Crippen molar-refractivity contribution in [2.24, 2.45) is 0 Å². The van der Waals surface area contributed by atoms with Crippen molar-refractivity contribution in [1.29, 1.82) is 0 Å². The molecular weight excluding hydrogens is 344 g/mol. The Labute approximate surface area is 158 Å². The van der Waals surface area contributed by atoms with Gasteiger partial charge in [0.05, 0.1) is 19.3 Å². The van der Waals surface area contributed by atoms with Crippen LogP contribution in [-0.4, -0.2) is 19.3 Å². The van der Waals surface area contributed by atoms with Gasteiger partial charge >= 0.3 is 0 Å². The molecule has 0 aliphatic heterocycles. The van der Waals surface area contributed by atoms with E-state index in [1.165, 1.54) is 13.2 Å². The number of benzene rings is 2. The smallest absolute Gasteiger partial charge is 0.204 e. The van der Waals surface area contributed by atoms with Crippen LogP contribution in [0.2, 0.25) is 0 Å². The lowest BCUT2D eigenvalue weighted by Crippen LogP contribution is -2.13. The van der Waals surface area contributed by atoms with Gasteiger partial charge in [0.15, 0.2) is 16.9 Å². The molecule has 0 bridgehead atoms. The van der Waals surface area contributed by atoms with E-state index in [2.05, 4.69) is 0 Å². The van der Waals surface area contributed by atoms with Gasteiger partial charge in [-0.15, -0.1) is 0 Å². The molecule has 0 saturated carbocycles. The van der Waals surface area contributed by atoms with E-state index in [1.807, 2.05) is 58.0 Å². The molecule has 27 heavy (non-hydrogen) atoms. The Morgan fingerprint density at radius 1 is 0.889 bits per heavy atom. The van der Waals surface area contributed by atoms with Crippen LogP contribution in [-0.2, 0) is 0 Å². The fraction of sp³-hybridized carbons (Fsp3) is 0.318. The van der Waals surface area contributed by atoms with Crippen molar-refractivity contribution in [3.05, 3.63) is 52.7 Å². The molecule has 0 fully saturated rings. The van der Waals surface area contributed by atoms with Gasteiger partial charge in [0.25, 0.3) is 0 Å². The lowest BCUT2D eigenvalue weighted by molar-refractivity contribution is 0.210. The van der Waals surface area contributed by atoms with Gasteiger partial charge in [0.2, 0.25) is 5.75 Å². The second kappa shape index (κ2) is 7.74. The third-order valence-electron chi connectivity index (χ3n) is 3.87. The summed E-state index contributed by atoms with van der Waals surface area (Å²) in [5.41, 5.74) is 1.03. The maximum atomic E-state index is 12.9. The highest BCUT2D eigenvalue weighted by Crippen LogP contribution is 2.44. The summed E-state index contributed by atoms with van der Waals surface area (Å²) in [4.78, 5) is 12.9. The molecule has 5 nitrogen and oxygen atoms in total. The standard InChI is InChI=1S/C22H24O5/c1-13(2)25-19-12-18-20(22(21(19)24-5)26-14(3)4)16(23)11-17(27-18)15-9-7-6-8-10-15/h6-14H,1-5H3. The normalized spacial score (nSPS) is 11.2. The summed E-state index contributed by atoms with van der Waals surface area (Å²) in [6.07, 6.45) is -0.225. The Bertz CT molecular complexity index is 987. The maximum absolute atomic E-state index is 12.9. The lowest BCUT2D eigenvalue weighted by atomic mass is 10.1. The number of ether oxygens (including phenoxy) is 3. The molecule has 142 valence electrons. The minimum Gasteiger partial charge on any atom is -0.490 e. The van der Waals surface area contributed by atoms with Crippen LogP contribution in [0.25, 0.3) is 22.3 Å². The number of fused-ring (bicyclic) bond motifs is 1. The predicted octanol–water partition coefficient (Wildman–Crippen LogP) is 5.04. The quantitative estimate of drug-likeness (QED) is 0.610. The molecule has 0 radical (unpaired) electrons. The van der Waals surface area contributed by atoms with Crippen LogP contribution in [0.5, 0.6) is 17.2 Å². The number of methoxy groups -OCH3 is 1. The van der Waals surface area contributed by atoms with Gasteiger partial charge in [-0.3, -0.25) is 4.79 Å². The lowest BCUT2D eigenvalue weighted by Gasteiger charge is -2.20. The van der Waals surface area contributed by atoms with Gasteiger partial charge in [-0.1, -0.05) is 30.3 Å². The number of hydrogen-bond donors (Lipinski definition) is 0. The molecule has 3 rings (SSSR count). The molecule has 2 aromatic carbocycles. The first-order valence-corrected chi connectivity index (χ1v) is 8.98. The summed E-state index contributed by atoms with van der Waals surface area (Å²) < 4.78 is 23.4. The van der Waals surface area contributed by atoms with Crippen molar-refractivity contribution in [1.82, 2.24) is 0 Å². The van der Waals surface area contributed by atoms with E-state index in [0.29, 0.717) is 34.0 Å². The molecule has 1 aromatic heterocycles. The van der Waals surface area contributed by atoms with Gasteiger partial charge in [0.1, 0.15) is 16.7 Å². The van der Waals surface area contributed by atoms with Crippen LogP contribution in [0.3, 0.4) is 0 Å². The summed E-state index contributed by atoms with van der Waals surface area (Å²) in [7, 11) is 1.53. The first kappa shape index (κ1) is 18.8. The minimum absolute atomic E-state index is 0.0766. The monoisotopic (exact) mass is 368 g/mol. The van der Waals surface area contributed by atoms with Crippen molar-refractivity contribution >= 4 is 11.0 Å². The van der Waals surface area contributed by atoms with Crippen LogP contribution in [0, 0.1) is 0 Å². The van der Waals surface area contributed by atoms with Crippen LogP contribution in [0.1, 0.15) is 27.7 Å². The number of hydrogen-bond acceptors (Lipinski definition) is 5. The minimum atomic E-state index is -0.194. The van der Waals surface area contributed by atoms with Crippen molar-refractivity contribution in [2.45, 2.75) is 39.9 Å². The Hall–Kier alpha value is -2.95. The number of rotatable bonds is 6. The SMILES string of the molecule is COc1c(OC(C)C)cc2oc(-c3ccccc3)cc(=O)c2c1OC(C)C. The Morgan fingerprint density at radius 3 is 2.15 bits per heavy atom. The van der Waals surface area contributed by atoms with Gasteiger partial charge < -0.3 is 18.6 Å². The van der Waals surface area contributed by atoms with Crippen molar-refractivity contribution in [2.75, 3.05) is 7.11 Å². The third-order valence-corrected chi connectivity index (χ3v) is 3.87. The largest absolute Gasteiger partial charge is 0.490 e. The molecule has 0 unspecified atom stereocenters. The zero-order valence-electron chi connectivity index (χ0n) is 16.2. The summed E-state index contributed by atoms with van der Waals surface area (Å²) >= 11 is 0. The van der Waals surface area contributed by atoms with Crippen molar-refractivity contribution in [3.63, 3.8) is 0 Å². The van der Waals surface area contributed by atoms with Gasteiger partial charge in [-0.05, 0) is 27.7 Å². The van der Waals surface area contributed by atoms with E-state index in [9.17, 15) is 4.79 Å². The zero-order chi connectivity index (χ0) is 19.6. The third kappa shape index (κ3) is 3.92. The first-order chi connectivity index (χ1) is 12.9. The second-order valence-electron chi connectivity index (χ2n) is 6.78. The molecule has 3 aromatic rings. The highest BCUT2D eigenvalue weighted by molar-refractivity contribution is 5.90. The average molecular weight is 368 g/mol. The molecule has 0 N–H and O–H groups in total. The summed E-state index contributed by atoms with van der Waals surface area (Å²) in [6.45, 7) is 7.62. The topological polar surface area (TPSA) is 57.9 Å². The van der Waals surface area contributed by atoms with E-state index < -0.39 is 0 Å². The zero-order valence-corrected chi connectivity index (χ0v) is 16.2. The van der Waals surface area contributed by atoms with Gasteiger partial charge in [0, 0.05) is 17.7 Å². The Morgan fingerprint density at radius 2 is 1.56 bits per heavy atom. The molecule has 0 amide bonds. The highest BCUT2D eigenvalue weighted by atomic mass is 16.5. The molecule has 0 atom stereocenters. The molecule has 0 saturated heterocycles. The first-order valence-electron chi connectivity index (χ1n) is 8.98. The van der Waals surface area contributed by atoms with Crippen molar-refractivity contribution < 1.29 is 18.6 Å². The van der Waals surface area contributed by atoms with Gasteiger partial charge in [-0.25, -0.2) is 0 Å². The average Bonchev–Trinajstić information content (AvgIpc) is 2.61. The maximum Gasteiger partial charge on any atom is 0.204 e. The second-order valence-corrected chi connectivity index (χ2v) is 6.78. The molecule has 5 heteroatoms. The summed E-state index contributed by atoms with van der Waals surface area (Å²) in [6, 6.07) is 12.7. The van der Waals surface area contributed by atoms with Crippen molar-refractivity contribution in [3.8, 4) is 28.6 Å². The van der Waals surface area contributed by atoms with Crippen LogP contribution < -0.4 is 19.6 Å². The predicted molar refractivity (Wildman–Crippen MR) is 106 cm³/mol. The molecule has 0 aliphatic carbocycles. The van der Waals surface area contributed by atoms with Crippen LogP contribution in [0.4, 0.5) is 0 Å². The van der Waals surface area contributed by atoms with Crippen LogP contribution >= 0.6 is 0 Å². The fourth-order valence-corrected chi connectivity index (χ4v) is 2.87. The molecule has 0 spiro atoms. The summed E-state index contributed by atoms with van der Waals surface area (Å²) in [5, 5.41) is 0.344. The van der Waals surface area contributed by atoms with E-state index in [0.717, 1.165) is 5.56 Å².